The molecule has 1 N–H and O–H groups in total. The number of halogens is 2. The average molecular weight is 328 g/mol. The van der Waals surface area contributed by atoms with Crippen LogP contribution in [-0.4, -0.2) is 30.1 Å². The molecule has 0 radical (unpaired) electrons. The Bertz CT molecular complexity index is 680. The molecule has 0 bridgehead atoms. The third-order valence-corrected chi connectivity index (χ3v) is 3.05. The van der Waals surface area contributed by atoms with Crippen LogP contribution in [0.1, 0.15) is 10.5 Å². The summed E-state index contributed by atoms with van der Waals surface area (Å²) in [5.74, 6) is 0.413. The smallest absolute Gasteiger partial charge is 0.275 e. The zero-order valence-electron chi connectivity index (χ0n) is 11.2. The quantitative estimate of drug-likeness (QED) is 0.934. The zero-order valence-corrected chi connectivity index (χ0v) is 12.7. The molecule has 8 heteroatoms. The molecule has 0 saturated heterocycles. The Hall–Kier alpha value is -2.05. The molecule has 1 heterocycles. The number of nitrogens with zero attached hydrogens (tertiary/aromatic N) is 2. The number of carbonyl (C=O) groups excluding carboxylic acids is 1. The van der Waals surface area contributed by atoms with E-state index in [1.165, 1.54) is 26.6 Å². The average Bonchev–Trinajstić information content (AvgIpc) is 2.48. The number of benzene rings is 1. The van der Waals surface area contributed by atoms with Gasteiger partial charge in [0, 0.05) is 12.1 Å². The molecule has 0 unspecified atom stereocenters. The summed E-state index contributed by atoms with van der Waals surface area (Å²) in [6.07, 6.45) is 2.64. The minimum atomic E-state index is -0.487. The number of ether oxygens (including phenoxy) is 2. The second-order valence-electron chi connectivity index (χ2n) is 3.87. The molecule has 0 atom stereocenters. The first-order valence-corrected chi connectivity index (χ1v) is 6.51. The minimum absolute atomic E-state index is 0.0772. The number of methoxy groups -OCH3 is 2. The first-order valence-electron chi connectivity index (χ1n) is 5.75. The molecule has 0 fully saturated rings. The van der Waals surface area contributed by atoms with Crippen molar-refractivity contribution in [2.45, 2.75) is 0 Å². The van der Waals surface area contributed by atoms with E-state index in [-0.39, 0.29) is 10.8 Å². The molecule has 0 saturated carbocycles. The second kappa shape index (κ2) is 6.60. The van der Waals surface area contributed by atoms with E-state index in [0.717, 1.165) is 0 Å². The van der Waals surface area contributed by atoms with Gasteiger partial charge in [0.1, 0.15) is 10.8 Å². The van der Waals surface area contributed by atoms with Crippen LogP contribution in [0.4, 0.5) is 5.69 Å². The van der Waals surface area contributed by atoms with Gasteiger partial charge in [-0.15, -0.1) is 0 Å². The summed E-state index contributed by atoms with van der Waals surface area (Å²) in [7, 11) is 2.98. The summed E-state index contributed by atoms with van der Waals surface area (Å²) < 4.78 is 10.3. The lowest BCUT2D eigenvalue weighted by Gasteiger charge is -2.12. The normalized spacial score (nSPS) is 10.1. The Morgan fingerprint density at radius 2 is 1.81 bits per heavy atom. The van der Waals surface area contributed by atoms with Crippen LogP contribution in [0.3, 0.4) is 0 Å². The van der Waals surface area contributed by atoms with Gasteiger partial charge in [-0.25, -0.2) is 4.98 Å². The molecule has 21 heavy (non-hydrogen) atoms. The molecule has 2 aromatic rings. The number of rotatable bonds is 4. The molecule has 0 spiro atoms. The number of hydrogen-bond donors (Lipinski definition) is 1. The highest BCUT2D eigenvalue weighted by molar-refractivity contribution is 6.34. The summed E-state index contributed by atoms with van der Waals surface area (Å²) in [4.78, 5) is 19.7. The molecular formula is C13H11Cl2N3O3. The molecule has 6 nitrogen and oxygen atoms in total. The lowest BCUT2D eigenvalue weighted by Crippen LogP contribution is -2.14. The molecule has 1 amide bonds. The molecule has 2 rings (SSSR count). The topological polar surface area (TPSA) is 73.3 Å². The second-order valence-corrected chi connectivity index (χ2v) is 4.66. The van der Waals surface area contributed by atoms with Gasteiger partial charge >= 0.3 is 0 Å². The number of anilines is 1. The number of carbonyl (C=O) groups is 1. The molecule has 110 valence electrons. The predicted molar refractivity (Wildman–Crippen MR) is 79.6 cm³/mol. The van der Waals surface area contributed by atoms with E-state index in [9.17, 15) is 4.79 Å². The van der Waals surface area contributed by atoms with Crippen molar-refractivity contribution in [3.8, 4) is 11.5 Å². The van der Waals surface area contributed by atoms with E-state index in [4.69, 9.17) is 32.7 Å². The number of amides is 1. The van der Waals surface area contributed by atoms with Gasteiger partial charge in [-0.2, -0.15) is 0 Å². The van der Waals surface area contributed by atoms with Crippen molar-refractivity contribution in [3.05, 3.63) is 40.4 Å². The largest absolute Gasteiger partial charge is 0.493 e. The van der Waals surface area contributed by atoms with Crippen molar-refractivity contribution < 1.29 is 14.3 Å². The van der Waals surface area contributed by atoms with Crippen LogP contribution in [-0.2, 0) is 0 Å². The summed E-state index contributed by atoms with van der Waals surface area (Å²) in [5, 5.41) is 3.04. The fourth-order valence-electron chi connectivity index (χ4n) is 1.59. The van der Waals surface area contributed by atoms with Crippen molar-refractivity contribution in [1.82, 2.24) is 9.97 Å². The van der Waals surface area contributed by atoms with Crippen LogP contribution in [0, 0.1) is 0 Å². The van der Waals surface area contributed by atoms with Crippen molar-refractivity contribution in [2.75, 3.05) is 19.5 Å². The highest BCUT2D eigenvalue weighted by atomic mass is 35.5. The van der Waals surface area contributed by atoms with Crippen molar-refractivity contribution in [1.29, 1.82) is 0 Å². The van der Waals surface area contributed by atoms with Gasteiger partial charge in [0.25, 0.3) is 5.91 Å². The van der Waals surface area contributed by atoms with Gasteiger partial charge in [0.15, 0.2) is 11.5 Å². The lowest BCUT2D eigenvalue weighted by atomic mass is 10.2. The van der Waals surface area contributed by atoms with Crippen LogP contribution < -0.4 is 14.8 Å². The maximum absolute atomic E-state index is 12.1. The third kappa shape index (κ3) is 3.53. The highest BCUT2D eigenvalue weighted by Crippen LogP contribution is 2.36. The maximum Gasteiger partial charge on any atom is 0.275 e. The predicted octanol–water partition coefficient (Wildman–Crippen LogP) is 3.05. The Morgan fingerprint density at radius 1 is 1.14 bits per heavy atom. The summed E-state index contributed by atoms with van der Waals surface area (Å²) in [5.41, 5.74) is 0.439. The standard InChI is InChI=1S/C13H11Cl2N3O3/c1-20-10-3-7(14)8(4-11(10)21-2)18-13(19)9-5-16-6-12(15)17-9/h3-6H,1-2H3,(H,18,19). The van der Waals surface area contributed by atoms with E-state index < -0.39 is 5.91 Å². The van der Waals surface area contributed by atoms with Crippen LogP contribution in [0.15, 0.2) is 24.5 Å². The Morgan fingerprint density at radius 3 is 2.43 bits per heavy atom. The van der Waals surface area contributed by atoms with Gasteiger partial charge in [-0.1, -0.05) is 23.2 Å². The third-order valence-electron chi connectivity index (χ3n) is 2.56. The van der Waals surface area contributed by atoms with Gasteiger partial charge in [-0.3, -0.25) is 9.78 Å². The minimum Gasteiger partial charge on any atom is -0.493 e. The number of aromatic nitrogens is 2. The molecule has 0 aliphatic heterocycles. The molecule has 1 aromatic heterocycles. The van der Waals surface area contributed by atoms with Crippen LogP contribution >= 0.6 is 23.2 Å². The number of nitrogens with one attached hydrogen (secondary N) is 1. The summed E-state index contributed by atoms with van der Waals surface area (Å²) >= 11 is 11.8. The lowest BCUT2D eigenvalue weighted by molar-refractivity contribution is 0.102. The van der Waals surface area contributed by atoms with Gasteiger partial charge in [0.05, 0.1) is 37.3 Å². The molecule has 0 aliphatic rings. The first-order chi connectivity index (χ1) is 10.0. The van der Waals surface area contributed by atoms with Crippen molar-refractivity contribution >= 4 is 34.8 Å². The fourth-order valence-corrected chi connectivity index (χ4v) is 1.94. The fraction of sp³-hybridized carbons (Fsp3) is 0.154. The molecule has 0 aliphatic carbocycles. The Balaban J connectivity index is 2.29. The Kier molecular flexibility index (Phi) is 4.82. The summed E-state index contributed by atoms with van der Waals surface area (Å²) in [6, 6.07) is 3.09. The Labute approximate surface area is 131 Å². The zero-order chi connectivity index (χ0) is 15.4. The van der Waals surface area contributed by atoms with E-state index in [0.29, 0.717) is 22.2 Å². The van der Waals surface area contributed by atoms with E-state index in [1.807, 2.05) is 0 Å². The van der Waals surface area contributed by atoms with Gasteiger partial charge < -0.3 is 14.8 Å². The molecular weight excluding hydrogens is 317 g/mol. The van der Waals surface area contributed by atoms with E-state index in [1.54, 1.807) is 12.1 Å². The summed E-state index contributed by atoms with van der Waals surface area (Å²) in [6.45, 7) is 0. The van der Waals surface area contributed by atoms with Crippen LogP contribution in [0.5, 0.6) is 11.5 Å². The van der Waals surface area contributed by atoms with Crippen molar-refractivity contribution in [3.63, 3.8) is 0 Å². The van der Waals surface area contributed by atoms with E-state index >= 15 is 0 Å². The first kappa shape index (κ1) is 15.3. The monoisotopic (exact) mass is 327 g/mol. The molecule has 1 aromatic carbocycles. The van der Waals surface area contributed by atoms with Gasteiger partial charge in [-0.05, 0) is 0 Å². The van der Waals surface area contributed by atoms with Gasteiger partial charge in [0.2, 0.25) is 0 Å². The van der Waals surface area contributed by atoms with E-state index in [2.05, 4.69) is 15.3 Å². The number of hydrogen-bond acceptors (Lipinski definition) is 5. The van der Waals surface area contributed by atoms with Crippen LogP contribution in [0.2, 0.25) is 10.2 Å². The maximum atomic E-state index is 12.1. The van der Waals surface area contributed by atoms with Crippen molar-refractivity contribution in [2.24, 2.45) is 0 Å². The highest BCUT2D eigenvalue weighted by Gasteiger charge is 2.14. The SMILES string of the molecule is COc1cc(Cl)c(NC(=O)c2cncc(Cl)n2)cc1OC. The van der Waals surface area contributed by atoms with Crippen LogP contribution in [0.25, 0.3) is 0 Å².